The normalized spacial score (nSPS) is 15.5. The maximum Gasteiger partial charge on any atom is 0.243 e. The first-order valence-corrected chi connectivity index (χ1v) is 10.7. The molecule has 1 aliphatic rings. The van der Waals surface area contributed by atoms with Gasteiger partial charge in [0.2, 0.25) is 17.7 Å². The predicted molar refractivity (Wildman–Crippen MR) is 117 cm³/mol. The molecule has 172 valence electrons. The molecule has 2 heterocycles. The van der Waals surface area contributed by atoms with Gasteiger partial charge in [0.15, 0.2) is 11.5 Å². The number of carbonyl (C=O) groups excluding carboxylic acids is 3. The van der Waals surface area contributed by atoms with E-state index in [1.165, 1.54) is 4.90 Å². The van der Waals surface area contributed by atoms with Gasteiger partial charge in [-0.15, -0.1) is 0 Å². The molecule has 9 heteroatoms. The van der Waals surface area contributed by atoms with E-state index < -0.39 is 5.92 Å². The van der Waals surface area contributed by atoms with E-state index in [-0.39, 0.29) is 30.7 Å². The first-order valence-electron chi connectivity index (χ1n) is 10.7. The van der Waals surface area contributed by atoms with E-state index in [2.05, 4.69) is 5.32 Å². The molecule has 3 rings (SSSR count). The van der Waals surface area contributed by atoms with Gasteiger partial charge in [-0.3, -0.25) is 14.4 Å². The van der Waals surface area contributed by atoms with Gasteiger partial charge in [0, 0.05) is 31.8 Å². The van der Waals surface area contributed by atoms with Crippen molar-refractivity contribution in [3.63, 3.8) is 0 Å². The maximum absolute atomic E-state index is 12.8. The fourth-order valence-corrected chi connectivity index (χ4v) is 3.62. The summed E-state index contributed by atoms with van der Waals surface area (Å²) in [4.78, 5) is 40.5. The van der Waals surface area contributed by atoms with Crippen LogP contribution < -0.4 is 14.8 Å². The van der Waals surface area contributed by atoms with Crippen LogP contribution in [-0.4, -0.2) is 60.9 Å². The van der Waals surface area contributed by atoms with Gasteiger partial charge in [-0.05, 0) is 38.1 Å². The third-order valence-electron chi connectivity index (χ3n) is 5.07. The van der Waals surface area contributed by atoms with Gasteiger partial charge in [0.05, 0.1) is 38.5 Å². The Balaban J connectivity index is 1.54. The average Bonchev–Trinajstić information content (AvgIpc) is 3.40. The summed E-state index contributed by atoms with van der Waals surface area (Å²) < 4.78 is 16.4. The van der Waals surface area contributed by atoms with Crippen molar-refractivity contribution >= 4 is 23.4 Å². The number of likely N-dealkylation sites (N-methyl/N-ethyl adjacent to an activating group) is 1. The van der Waals surface area contributed by atoms with E-state index in [0.717, 1.165) is 0 Å². The highest BCUT2D eigenvalue weighted by atomic mass is 16.5. The number of anilines is 1. The van der Waals surface area contributed by atoms with Crippen LogP contribution in [0.3, 0.4) is 0 Å². The molecule has 0 spiro atoms. The van der Waals surface area contributed by atoms with E-state index in [4.69, 9.17) is 13.9 Å². The number of nitrogens with one attached hydrogen (secondary N) is 1. The van der Waals surface area contributed by atoms with Crippen LogP contribution in [-0.2, 0) is 20.9 Å². The molecule has 0 unspecified atom stereocenters. The first kappa shape index (κ1) is 23.2. The summed E-state index contributed by atoms with van der Waals surface area (Å²) in [6.07, 6.45) is 1.68. The second kappa shape index (κ2) is 10.7. The number of rotatable bonds is 10. The Labute approximate surface area is 187 Å². The molecule has 1 aromatic carbocycles. The van der Waals surface area contributed by atoms with Crippen LogP contribution in [0, 0.1) is 5.92 Å². The number of amides is 3. The van der Waals surface area contributed by atoms with Gasteiger partial charge in [-0.25, -0.2) is 0 Å². The Morgan fingerprint density at radius 2 is 1.94 bits per heavy atom. The fourth-order valence-electron chi connectivity index (χ4n) is 3.62. The SMILES string of the molecule is CCOc1ccc(NC(=O)CN(C)C(=O)[C@@H]2CC(=O)N(Cc3ccco3)C2)cc1OCC. The molecular formula is C23H29N3O6. The summed E-state index contributed by atoms with van der Waals surface area (Å²) >= 11 is 0. The minimum Gasteiger partial charge on any atom is -0.490 e. The van der Waals surface area contributed by atoms with E-state index in [0.29, 0.717) is 49.2 Å². The molecule has 0 bridgehead atoms. The highest BCUT2D eigenvalue weighted by molar-refractivity contribution is 5.96. The van der Waals surface area contributed by atoms with Crippen molar-refractivity contribution in [2.24, 2.45) is 5.92 Å². The van der Waals surface area contributed by atoms with Crippen molar-refractivity contribution < 1.29 is 28.3 Å². The zero-order valence-electron chi connectivity index (χ0n) is 18.6. The van der Waals surface area contributed by atoms with Crippen LogP contribution in [0.2, 0.25) is 0 Å². The topological polar surface area (TPSA) is 101 Å². The Morgan fingerprint density at radius 1 is 1.19 bits per heavy atom. The molecule has 1 aromatic heterocycles. The summed E-state index contributed by atoms with van der Waals surface area (Å²) in [6, 6.07) is 8.69. The van der Waals surface area contributed by atoms with Gasteiger partial charge in [-0.2, -0.15) is 0 Å². The average molecular weight is 444 g/mol. The lowest BCUT2D eigenvalue weighted by Crippen LogP contribution is -2.39. The van der Waals surface area contributed by atoms with Crippen LogP contribution in [0.1, 0.15) is 26.0 Å². The van der Waals surface area contributed by atoms with Crippen molar-refractivity contribution in [2.45, 2.75) is 26.8 Å². The molecule has 9 nitrogen and oxygen atoms in total. The number of hydrogen-bond acceptors (Lipinski definition) is 6. The van der Waals surface area contributed by atoms with Gasteiger partial charge < -0.3 is 29.0 Å². The van der Waals surface area contributed by atoms with Crippen molar-refractivity contribution in [3.05, 3.63) is 42.4 Å². The number of hydrogen-bond donors (Lipinski definition) is 1. The molecule has 0 saturated carbocycles. The van der Waals surface area contributed by atoms with E-state index in [1.54, 1.807) is 48.5 Å². The largest absolute Gasteiger partial charge is 0.490 e. The first-order chi connectivity index (χ1) is 15.4. The zero-order valence-corrected chi connectivity index (χ0v) is 18.6. The molecule has 2 aromatic rings. The third-order valence-corrected chi connectivity index (χ3v) is 5.07. The third kappa shape index (κ3) is 5.81. The Bertz CT molecular complexity index is 943. The molecule has 0 radical (unpaired) electrons. The minimum atomic E-state index is -0.481. The van der Waals surface area contributed by atoms with Crippen molar-refractivity contribution in [1.29, 1.82) is 0 Å². The van der Waals surface area contributed by atoms with E-state index in [1.807, 2.05) is 13.8 Å². The van der Waals surface area contributed by atoms with Gasteiger partial charge in [-0.1, -0.05) is 0 Å². The molecule has 1 atom stereocenters. The van der Waals surface area contributed by atoms with Crippen LogP contribution in [0.25, 0.3) is 0 Å². The van der Waals surface area contributed by atoms with E-state index in [9.17, 15) is 14.4 Å². The van der Waals surface area contributed by atoms with Crippen LogP contribution >= 0.6 is 0 Å². The van der Waals surface area contributed by atoms with E-state index >= 15 is 0 Å². The highest BCUT2D eigenvalue weighted by Crippen LogP contribution is 2.30. The smallest absolute Gasteiger partial charge is 0.243 e. The van der Waals surface area contributed by atoms with Crippen molar-refractivity contribution in [3.8, 4) is 11.5 Å². The summed E-state index contributed by atoms with van der Waals surface area (Å²) in [5.74, 6) is 0.644. The number of ether oxygens (including phenoxy) is 2. The van der Waals surface area contributed by atoms with Crippen LogP contribution in [0.15, 0.2) is 41.0 Å². The van der Waals surface area contributed by atoms with Gasteiger partial charge >= 0.3 is 0 Å². The zero-order chi connectivity index (χ0) is 23.1. The highest BCUT2D eigenvalue weighted by Gasteiger charge is 2.36. The van der Waals surface area contributed by atoms with Crippen LogP contribution in [0.4, 0.5) is 5.69 Å². The van der Waals surface area contributed by atoms with Crippen molar-refractivity contribution in [2.75, 3.05) is 38.7 Å². The molecule has 1 saturated heterocycles. The molecular weight excluding hydrogens is 414 g/mol. The minimum absolute atomic E-state index is 0.101. The summed E-state index contributed by atoms with van der Waals surface area (Å²) in [6.45, 7) is 5.23. The summed E-state index contributed by atoms with van der Waals surface area (Å²) in [5.41, 5.74) is 0.545. The standard InChI is InChI=1S/C23H29N3O6/c1-4-30-19-9-8-17(12-20(19)31-5-2)24-21(27)15-25(3)23(29)16-11-22(28)26(13-16)14-18-7-6-10-32-18/h6-10,12,16H,4-5,11,13-15H2,1-3H3,(H,24,27)/t16-/m1/s1. The number of furan rings is 1. The van der Waals surface area contributed by atoms with Crippen molar-refractivity contribution in [1.82, 2.24) is 9.80 Å². The second-order valence-corrected chi connectivity index (χ2v) is 7.52. The lowest BCUT2D eigenvalue weighted by Gasteiger charge is -2.21. The van der Waals surface area contributed by atoms with Gasteiger partial charge in [0.25, 0.3) is 0 Å². The molecule has 3 amide bonds. The molecule has 0 aliphatic carbocycles. The quantitative estimate of drug-likeness (QED) is 0.606. The fraction of sp³-hybridized carbons (Fsp3) is 0.435. The Kier molecular flexibility index (Phi) is 7.75. The lowest BCUT2D eigenvalue weighted by molar-refractivity contribution is -0.137. The molecule has 32 heavy (non-hydrogen) atoms. The second-order valence-electron chi connectivity index (χ2n) is 7.52. The summed E-state index contributed by atoms with van der Waals surface area (Å²) in [7, 11) is 1.56. The predicted octanol–water partition coefficient (Wildman–Crippen LogP) is 2.52. The Morgan fingerprint density at radius 3 is 2.62 bits per heavy atom. The number of likely N-dealkylation sites (tertiary alicyclic amines) is 1. The monoisotopic (exact) mass is 443 g/mol. The maximum atomic E-state index is 12.8. The number of nitrogens with zero attached hydrogens (tertiary/aromatic N) is 2. The van der Waals surface area contributed by atoms with Gasteiger partial charge in [0.1, 0.15) is 5.76 Å². The number of carbonyl (C=O) groups is 3. The van der Waals surface area contributed by atoms with Crippen LogP contribution in [0.5, 0.6) is 11.5 Å². The summed E-state index contributed by atoms with van der Waals surface area (Å²) in [5, 5.41) is 2.78. The molecule has 1 fully saturated rings. The molecule has 1 N–H and O–H groups in total. The number of benzene rings is 1. The lowest BCUT2D eigenvalue weighted by atomic mass is 10.1. The molecule has 1 aliphatic heterocycles. The Hall–Kier alpha value is -3.49.